The summed E-state index contributed by atoms with van der Waals surface area (Å²) in [7, 11) is 0. The largest absolute Gasteiger partial charge is 0.348 e. The molecule has 2 fully saturated rings. The van der Waals surface area contributed by atoms with Crippen LogP contribution < -0.4 is 10.6 Å². The van der Waals surface area contributed by atoms with E-state index in [4.69, 9.17) is 11.6 Å². The predicted octanol–water partition coefficient (Wildman–Crippen LogP) is 4.11. The minimum Gasteiger partial charge on any atom is -0.348 e. The molecule has 5 heteroatoms. The number of hydrogen-bond donors (Lipinski definition) is 2. The molecule has 2 N–H and O–H groups in total. The van der Waals surface area contributed by atoms with Crippen LogP contribution in [0.5, 0.6) is 0 Å². The molecular weight excluding hydrogens is 340 g/mol. The molecule has 2 aliphatic heterocycles. The van der Waals surface area contributed by atoms with Crippen molar-refractivity contribution in [3.63, 3.8) is 0 Å². The van der Waals surface area contributed by atoms with Crippen LogP contribution in [0.1, 0.15) is 29.6 Å². The molecule has 2 saturated heterocycles. The number of fused-ring (bicyclic) bond motifs is 2. The fourth-order valence-electron chi connectivity index (χ4n) is 3.56. The average molecular weight is 359 g/mol. The lowest BCUT2D eigenvalue weighted by atomic mass is 9.95. The van der Waals surface area contributed by atoms with Crippen molar-refractivity contribution >= 4 is 29.3 Å². The molecule has 0 aliphatic carbocycles. The van der Waals surface area contributed by atoms with E-state index in [9.17, 15) is 4.79 Å². The van der Waals surface area contributed by atoms with Crippen LogP contribution in [0, 0.1) is 0 Å². The van der Waals surface area contributed by atoms with Gasteiger partial charge >= 0.3 is 0 Å². The van der Waals surface area contributed by atoms with Gasteiger partial charge in [0.15, 0.2) is 0 Å². The number of carbonyl (C=O) groups is 1. The highest BCUT2D eigenvalue weighted by Gasteiger charge is 2.39. The summed E-state index contributed by atoms with van der Waals surface area (Å²) in [4.78, 5) is 14.5. The Morgan fingerprint density at radius 3 is 2.58 bits per heavy atom. The number of hydrogen-bond acceptors (Lipinski definition) is 3. The van der Waals surface area contributed by atoms with Crippen LogP contribution in [0.25, 0.3) is 0 Å². The van der Waals surface area contributed by atoms with Gasteiger partial charge in [0.1, 0.15) is 0 Å². The fourth-order valence-corrected chi connectivity index (χ4v) is 4.65. The summed E-state index contributed by atoms with van der Waals surface area (Å²) < 4.78 is 0. The molecule has 3 atom stereocenters. The molecule has 0 spiro atoms. The maximum absolute atomic E-state index is 12.4. The first-order valence-electron chi connectivity index (χ1n) is 8.28. The highest BCUT2D eigenvalue weighted by Crippen LogP contribution is 2.33. The molecule has 0 aromatic heterocycles. The third-order valence-corrected chi connectivity index (χ3v) is 6.32. The molecule has 0 saturated carbocycles. The summed E-state index contributed by atoms with van der Waals surface area (Å²) >= 11 is 7.79. The second-order valence-electron chi connectivity index (χ2n) is 6.42. The van der Waals surface area contributed by atoms with E-state index < -0.39 is 0 Å². The van der Waals surface area contributed by atoms with Gasteiger partial charge in [-0.05, 0) is 55.7 Å². The highest BCUT2D eigenvalue weighted by atomic mass is 35.5. The van der Waals surface area contributed by atoms with Crippen molar-refractivity contribution in [3.05, 3.63) is 59.1 Å². The normalized spacial score (nSPS) is 25.0. The molecule has 2 aromatic carbocycles. The standard InChI is InChI=1S/C19H19ClN2OS/c20-15-3-1-2-4-18(15)24-14-8-5-12(6-9-14)19(23)22-17-11-13-7-10-16(17)21-13/h1-6,8-9,13,16-17,21H,7,10-11H2,(H,22,23)/t13-,16+,17-/m1/s1. The molecule has 0 radical (unpaired) electrons. The molecule has 2 heterocycles. The van der Waals surface area contributed by atoms with Gasteiger partial charge in [-0.25, -0.2) is 0 Å². The quantitative estimate of drug-likeness (QED) is 0.864. The number of benzene rings is 2. The summed E-state index contributed by atoms with van der Waals surface area (Å²) in [6, 6.07) is 16.8. The monoisotopic (exact) mass is 358 g/mol. The molecule has 124 valence electrons. The summed E-state index contributed by atoms with van der Waals surface area (Å²) in [6.45, 7) is 0. The summed E-state index contributed by atoms with van der Waals surface area (Å²) in [6.07, 6.45) is 3.46. The molecule has 2 aliphatic rings. The lowest BCUT2D eigenvalue weighted by molar-refractivity contribution is 0.0931. The van der Waals surface area contributed by atoms with Crippen LogP contribution in [-0.4, -0.2) is 24.0 Å². The van der Waals surface area contributed by atoms with Gasteiger partial charge in [0, 0.05) is 33.5 Å². The Balaban J connectivity index is 1.40. The van der Waals surface area contributed by atoms with Crippen molar-refractivity contribution in [1.82, 2.24) is 10.6 Å². The highest BCUT2D eigenvalue weighted by molar-refractivity contribution is 7.99. The summed E-state index contributed by atoms with van der Waals surface area (Å²) in [5.41, 5.74) is 0.710. The van der Waals surface area contributed by atoms with Crippen molar-refractivity contribution in [2.45, 2.75) is 47.2 Å². The van der Waals surface area contributed by atoms with Gasteiger partial charge < -0.3 is 10.6 Å². The zero-order valence-corrected chi connectivity index (χ0v) is 14.7. The third kappa shape index (κ3) is 3.32. The number of nitrogens with one attached hydrogen (secondary N) is 2. The molecular formula is C19H19ClN2OS. The van der Waals surface area contributed by atoms with Crippen molar-refractivity contribution in [1.29, 1.82) is 0 Å². The topological polar surface area (TPSA) is 41.1 Å². The number of carbonyl (C=O) groups excluding carboxylic acids is 1. The van der Waals surface area contributed by atoms with Gasteiger partial charge in [-0.1, -0.05) is 35.5 Å². The smallest absolute Gasteiger partial charge is 0.251 e. The maximum atomic E-state index is 12.4. The molecule has 24 heavy (non-hydrogen) atoms. The van der Waals surface area contributed by atoms with Gasteiger partial charge in [0.25, 0.3) is 5.91 Å². The lowest BCUT2D eigenvalue weighted by Gasteiger charge is -2.21. The minimum atomic E-state index is 0.0173. The zero-order chi connectivity index (χ0) is 16.5. The van der Waals surface area contributed by atoms with Crippen LogP contribution in [0.15, 0.2) is 58.3 Å². The van der Waals surface area contributed by atoms with Crippen LogP contribution in [0.3, 0.4) is 0 Å². The average Bonchev–Trinajstić information content (AvgIpc) is 3.20. The van der Waals surface area contributed by atoms with Gasteiger partial charge in [0.2, 0.25) is 0 Å². The van der Waals surface area contributed by atoms with E-state index in [0.29, 0.717) is 17.6 Å². The Kier molecular flexibility index (Phi) is 4.53. The Labute approximate surface area is 151 Å². The van der Waals surface area contributed by atoms with E-state index in [-0.39, 0.29) is 11.9 Å². The predicted molar refractivity (Wildman–Crippen MR) is 97.8 cm³/mol. The van der Waals surface area contributed by atoms with Crippen LogP contribution >= 0.6 is 23.4 Å². The van der Waals surface area contributed by atoms with Crippen molar-refractivity contribution in [2.75, 3.05) is 0 Å². The van der Waals surface area contributed by atoms with Gasteiger partial charge in [-0.15, -0.1) is 0 Å². The van der Waals surface area contributed by atoms with Crippen molar-refractivity contribution < 1.29 is 4.79 Å². The number of rotatable bonds is 4. The Bertz CT molecular complexity index is 749. The lowest BCUT2D eigenvalue weighted by Crippen LogP contribution is -2.42. The Morgan fingerprint density at radius 1 is 1.12 bits per heavy atom. The first kappa shape index (κ1) is 16.0. The first-order chi connectivity index (χ1) is 11.7. The van der Waals surface area contributed by atoms with E-state index in [2.05, 4.69) is 10.6 Å². The number of amides is 1. The fraction of sp³-hybridized carbons (Fsp3) is 0.316. The number of halogens is 1. The van der Waals surface area contributed by atoms with Gasteiger partial charge in [-0.2, -0.15) is 0 Å². The Morgan fingerprint density at radius 2 is 1.92 bits per heavy atom. The van der Waals surface area contributed by atoms with Crippen LogP contribution in [-0.2, 0) is 0 Å². The van der Waals surface area contributed by atoms with E-state index in [0.717, 1.165) is 21.2 Å². The van der Waals surface area contributed by atoms with Crippen LogP contribution in [0.2, 0.25) is 5.02 Å². The van der Waals surface area contributed by atoms with E-state index in [1.165, 1.54) is 12.8 Å². The first-order valence-corrected chi connectivity index (χ1v) is 9.48. The zero-order valence-electron chi connectivity index (χ0n) is 13.2. The second kappa shape index (κ2) is 6.79. The molecule has 2 aromatic rings. The molecule has 2 bridgehead atoms. The summed E-state index contributed by atoms with van der Waals surface area (Å²) in [5.74, 6) is 0.0173. The summed E-state index contributed by atoms with van der Waals surface area (Å²) in [5, 5.41) is 7.46. The molecule has 3 nitrogen and oxygen atoms in total. The minimum absolute atomic E-state index is 0.0173. The van der Waals surface area contributed by atoms with Crippen LogP contribution in [0.4, 0.5) is 0 Å². The SMILES string of the molecule is O=C(N[C@@H]1C[C@H]2CC[C@@H]1N2)c1ccc(Sc2ccccc2Cl)cc1. The maximum Gasteiger partial charge on any atom is 0.251 e. The van der Waals surface area contributed by atoms with Gasteiger partial charge in [0.05, 0.1) is 5.02 Å². The van der Waals surface area contributed by atoms with E-state index in [1.54, 1.807) is 11.8 Å². The van der Waals surface area contributed by atoms with Crippen molar-refractivity contribution in [2.24, 2.45) is 0 Å². The molecule has 0 unspecified atom stereocenters. The van der Waals surface area contributed by atoms with Crippen molar-refractivity contribution in [3.8, 4) is 0 Å². The third-order valence-electron chi connectivity index (χ3n) is 4.80. The Hall–Kier alpha value is -1.49. The molecule has 4 rings (SSSR count). The van der Waals surface area contributed by atoms with E-state index in [1.807, 2.05) is 48.5 Å². The van der Waals surface area contributed by atoms with Gasteiger partial charge in [-0.3, -0.25) is 4.79 Å². The second-order valence-corrected chi connectivity index (χ2v) is 7.94. The van der Waals surface area contributed by atoms with E-state index >= 15 is 0 Å². The molecule has 1 amide bonds.